The molecule has 1 aromatic carbocycles. The minimum Gasteiger partial charge on any atom is -0.316 e. The van der Waals surface area contributed by atoms with E-state index < -0.39 is 11.6 Å². The number of hydrogen-bond acceptors (Lipinski definition) is 1. The second kappa shape index (κ2) is 7.38. The molecule has 17 heavy (non-hydrogen) atoms. The minimum absolute atomic E-state index is 0.489. The van der Waals surface area contributed by atoms with Crippen LogP contribution in [0.15, 0.2) is 18.2 Å². The van der Waals surface area contributed by atoms with E-state index in [1.54, 1.807) is 0 Å². The topological polar surface area (TPSA) is 12.0 Å². The van der Waals surface area contributed by atoms with Crippen LogP contribution >= 0.6 is 0 Å². The Bertz CT molecular complexity index is 319. The quantitative estimate of drug-likeness (QED) is 0.720. The van der Waals surface area contributed by atoms with Gasteiger partial charge in [-0.05, 0) is 56.0 Å². The first kappa shape index (κ1) is 14.1. The second-order valence-corrected chi connectivity index (χ2v) is 4.63. The number of nitrogens with one attached hydrogen (secondary N) is 1. The highest BCUT2D eigenvalue weighted by molar-refractivity contribution is 5.17. The molecule has 0 saturated heterocycles. The predicted molar refractivity (Wildman–Crippen MR) is 67.0 cm³/mol. The molecule has 0 radical (unpaired) electrons. The fourth-order valence-corrected chi connectivity index (χ4v) is 1.80. The molecular weight excluding hydrogens is 220 g/mol. The fraction of sp³-hybridized carbons (Fsp3) is 0.571. The molecule has 1 atom stereocenters. The highest BCUT2D eigenvalue weighted by Gasteiger charge is 2.04. The fourth-order valence-electron chi connectivity index (χ4n) is 1.80. The minimum atomic E-state index is -0.489. The third kappa shape index (κ3) is 5.78. The van der Waals surface area contributed by atoms with Crippen LogP contribution in [0.25, 0.3) is 0 Å². The Morgan fingerprint density at radius 3 is 2.41 bits per heavy atom. The van der Waals surface area contributed by atoms with Crippen LogP contribution in [-0.2, 0) is 6.42 Å². The molecule has 0 heterocycles. The van der Waals surface area contributed by atoms with Gasteiger partial charge in [0.1, 0.15) is 11.6 Å². The summed E-state index contributed by atoms with van der Waals surface area (Å²) in [5, 5.41) is 3.35. The van der Waals surface area contributed by atoms with Crippen LogP contribution in [0.3, 0.4) is 0 Å². The molecule has 0 fully saturated rings. The molecule has 0 aliphatic heterocycles. The van der Waals surface area contributed by atoms with Crippen molar-refractivity contribution in [3.05, 3.63) is 35.4 Å². The molecule has 1 aromatic rings. The van der Waals surface area contributed by atoms with Crippen molar-refractivity contribution in [3.8, 4) is 0 Å². The average molecular weight is 241 g/mol. The number of hydrogen-bond donors (Lipinski definition) is 1. The van der Waals surface area contributed by atoms with Crippen molar-refractivity contribution in [2.75, 3.05) is 13.1 Å². The van der Waals surface area contributed by atoms with Gasteiger partial charge < -0.3 is 5.32 Å². The van der Waals surface area contributed by atoms with Gasteiger partial charge in [-0.25, -0.2) is 8.78 Å². The predicted octanol–water partition coefficient (Wildman–Crippen LogP) is 3.53. The first-order valence-corrected chi connectivity index (χ1v) is 6.27. The zero-order valence-corrected chi connectivity index (χ0v) is 10.6. The van der Waals surface area contributed by atoms with Crippen molar-refractivity contribution in [1.29, 1.82) is 0 Å². The van der Waals surface area contributed by atoms with Gasteiger partial charge in [-0.1, -0.05) is 13.8 Å². The molecule has 0 saturated carbocycles. The molecule has 96 valence electrons. The SMILES string of the molecule is CCCNCC(C)CCc1cc(F)cc(F)c1. The number of aryl methyl sites for hydroxylation is 1. The largest absolute Gasteiger partial charge is 0.316 e. The van der Waals surface area contributed by atoms with E-state index in [4.69, 9.17) is 0 Å². The smallest absolute Gasteiger partial charge is 0.126 e. The lowest BCUT2D eigenvalue weighted by molar-refractivity contribution is 0.480. The van der Waals surface area contributed by atoms with Crippen molar-refractivity contribution in [2.45, 2.75) is 33.1 Å². The summed E-state index contributed by atoms with van der Waals surface area (Å²) in [6.07, 6.45) is 2.80. The van der Waals surface area contributed by atoms with Crippen molar-refractivity contribution in [1.82, 2.24) is 5.32 Å². The van der Waals surface area contributed by atoms with E-state index in [9.17, 15) is 8.78 Å². The van der Waals surface area contributed by atoms with E-state index in [1.807, 2.05) is 0 Å². The van der Waals surface area contributed by atoms with Crippen LogP contribution in [0, 0.1) is 17.6 Å². The van der Waals surface area contributed by atoms with Crippen LogP contribution < -0.4 is 5.32 Å². The van der Waals surface area contributed by atoms with Gasteiger partial charge in [0.2, 0.25) is 0 Å². The molecule has 1 rings (SSSR count). The van der Waals surface area contributed by atoms with Crippen molar-refractivity contribution in [2.24, 2.45) is 5.92 Å². The van der Waals surface area contributed by atoms with E-state index in [2.05, 4.69) is 19.2 Å². The lowest BCUT2D eigenvalue weighted by Crippen LogP contribution is -2.22. The zero-order valence-electron chi connectivity index (χ0n) is 10.6. The Balaban J connectivity index is 2.34. The van der Waals surface area contributed by atoms with Gasteiger partial charge in [-0.15, -0.1) is 0 Å². The van der Waals surface area contributed by atoms with Crippen LogP contribution in [0.5, 0.6) is 0 Å². The van der Waals surface area contributed by atoms with Gasteiger partial charge in [-0.3, -0.25) is 0 Å². The van der Waals surface area contributed by atoms with Gasteiger partial charge in [-0.2, -0.15) is 0 Å². The lowest BCUT2D eigenvalue weighted by Gasteiger charge is -2.12. The summed E-state index contributed by atoms with van der Waals surface area (Å²) in [7, 11) is 0. The van der Waals surface area contributed by atoms with Gasteiger partial charge in [0.15, 0.2) is 0 Å². The molecule has 3 heteroatoms. The summed E-state index contributed by atoms with van der Waals surface area (Å²) >= 11 is 0. The molecule has 1 nitrogen and oxygen atoms in total. The van der Waals surface area contributed by atoms with E-state index >= 15 is 0 Å². The summed E-state index contributed by atoms with van der Waals surface area (Å²) in [6.45, 7) is 6.27. The van der Waals surface area contributed by atoms with Crippen LogP contribution in [0.2, 0.25) is 0 Å². The Kier molecular flexibility index (Phi) is 6.12. The maximum Gasteiger partial charge on any atom is 0.126 e. The van der Waals surface area contributed by atoms with Crippen LogP contribution in [0.1, 0.15) is 32.3 Å². The second-order valence-electron chi connectivity index (χ2n) is 4.63. The molecule has 1 unspecified atom stereocenters. The van der Waals surface area contributed by atoms with E-state index in [0.717, 1.165) is 44.0 Å². The lowest BCUT2D eigenvalue weighted by atomic mass is 10.0. The van der Waals surface area contributed by atoms with Crippen molar-refractivity contribution >= 4 is 0 Å². The van der Waals surface area contributed by atoms with Gasteiger partial charge in [0, 0.05) is 6.07 Å². The van der Waals surface area contributed by atoms with E-state index in [0.29, 0.717) is 5.92 Å². The van der Waals surface area contributed by atoms with E-state index in [-0.39, 0.29) is 0 Å². The van der Waals surface area contributed by atoms with E-state index in [1.165, 1.54) is 12.1 Å². The number of benzene rings is 1. The Labute approximate surface area is 102 Å². The van der Waals surface area contributed by atoms with Gasteiger partial charge in [0.05, 0.1) is 0 Å². The monoisotopic (exact) mass is 241 g/mol. The zero-order chi connectivity index (χ0) is 12.7. The third-order valence-electron chi connectivity index (χ3n) is 2.77. The van der Waals surface area contributed by atoms with Gasteiger partial charge in [0.25, 0.3) is 0 Å². The molecule has 0 aromatic heterocycles. The third-order valence-corrected chi connectivity index (χ3v) is 2.77. The van der Waals surface area contributed by atoms with Gasteiger partial charge >= 0.3 is 0 Å². The van der Waals surface area contributed by atoms with Crippen LogP contribution in [-0.4, -0.2) is 13.1 Å². The Morgan fingerprint density at radius 2 is 1.82 bits per heavy atom. The van der Waals surface area contributed by atoms with Crippen molar-refractivity contribution in [3.63, 3.8) is 0 Å². The summed E-state index contributed by atoms with van der Waals surface area (Å²) in [5.74, 6) is -0.457. The van der Waals surface area contributed by atoms with Crippen molar-refractivity contribution < 1.29 is 8.78 Å². The molecule has 0 aliphatic rings. The summed E-state index contributed by atoms with van der Waals surface area (Å²) in [4.78, 5) is 0. The standard InChI is InChI=1S/C14H21F2N/c1-3-6-17-10-11(2)4-5-12-7-13(15)9-14(16)8-12/h7-9,11,17H,3-6,10H2,1-2H3. The Morgan fingerprint density at radius 1 is 1.18 bits per heavy atom. The Hall–Kier alpha value is -0.960. The number of halogens is 2. The highest BCUT2D eigenvalue weighted by Crippen LogP contribution is 2.12. The first-order chi connectivity index (χ1) is 8.11. The molecule has 0 bridgehead atoms. The first-order valence-electron chi connectivity index (χ1n) is 6.27. The molecule has 1 N–H and O–H groups in total. The molecule has 0 spiro atoms. The summed E-state index contributed by atoms with van der Waals surface area (Å²) in [5.41, 5.74) is 0.741. The summed E-state index contributed by atoms with van der Waals surface area (Å²) in [6, 6.07) is 3.74. The van der Waals surface area contributed by atoms with Crippen LogP contribution in [0.4, 0.5) is 8.78 Å². The average Bonchev–Trinajstić information content (AvgIpc) is 2.25. The number of rotatable bonds is 7. The normalized spacial score (nSPS) is 12.7. The maximum atomic E-state index is 12.9. The highest BCUT2D eigenvalue weighted by atomic mass is 19.1. The maximum absolute atomic E-state index is 12.9. The molecule has 0 amide bonds. The molecular formula is C14H21F2N. The summed E-state index contributed by atoms with van der Waals surface area (Å²) < 4.78 is 25.9. The molecule has 0 aliphatic carbocycles.